The molecule has 44 heavy (non-hydrogen) atoms. The third-order valence-corrected chi connectivity index (χ3v) is 7.22. The molecule has 0 saturated heterocycles. The molecule has 0 aromatic heterocycles. The number of nitrogens with zero attached hydrogens (tertiary/aromatic N) is 1. The molecule has 3 rings (SSSR count). The van der Waals surface area contributed by atoms with Crippen LogP contribution < -0.4 is 10.6 Å². The van der Waals surface area contributed by atoms with Crippen molar-refractivity contribution in [1.82, 2.24) is 15.5 Å². The summed E-state index contributed by atoms with van der Waals surface area (Å²) in [6.45, 7) is 8.33. The highest BCUT2D eigenvalue weighted by atomic mass is 19.1. The fraction of sp³-hybridized carbons (Fsp3) is 0.382. The Hall–Kier alpha value is -4.15. The molecule has 4 unspecified atom stereocenters. The average Bonchev–Trinajstić information content (AvgIpc) is 2.99. The van der Waals surface area contributed by atoms with Crippen LogP contribution in [0.1, 0.15) is 75.8 Å². The van der Waals surface area contributed by atoms with Crippen LogP contribution >= 0.6 is 0 Å². The van der Waals surface area contributed by atoms with Crippen molar-refractivity contribution in [2.45, 2.75) is 71.2 Å². The molecule has 4 N–H and O–H groups in total. The maximum atomic E-state index is 14.0. The number of halogens is 2. The minimum absolute atomic E-state index is 0.134. The van der Waals surface area contributed by atoms with Crippen LogP contribution in [0.5, 0.6) is 0 Å². The molecule has 0 saturated carbocycles. The Balaban J connectivity index is 1.88. The van der Waals surface area contributed by atoms with Crippen molar-refractivity contribution < 1.29 is 33.4 Å². The molecule has 0 spiro atoms. The zero-order valence-corrected chi connectivity index (χ0v) is 25.5. The van der Waals surface area contributed by atoms with E-state index in [2.05, 4.69) is 10.6 Å². The number of carbonyl (C=O) groups excluding carboxylic acids is 3. The van der Waals surface area contributed by atoms with Crippen LogP contribution in [0.15, 0.2) is 66.7 Å². The molecule has 4 atom stereocenters. The van der Waals surface area contributed by atoms with Crippen molar-refractivity contribution in [3.05, 3.63) is 106 Å². The van der Waals surface area contributed by atoms with Crippen LogP contribution in [0.25, 0.3) is 0 Å². The number of hydrogen-bond donors (Lipinski definition) is 4. The van der Waals surface area contributed by atoms with Gasteiger partial charge in [0.1, 0.15) is 23.8 Å². The van der Waals surface area contributed by atoms with Crippen LogP contribution in [0.3, 0.4) is 0 Å². The van der Waals surface area contributed by atoms with Gasteiger partial charge in [-0.1, -0.05) is 32.0 Å². The molecule has 0 aliphatic carbocycles. The van der Waals surface area contributed by atoms with E-state index in [0.29, 0.717) is 35.8 Å². The number of rotatable bonds is 14. The van der Waals surface area contributed by atoms with E-state index in [1.54, 1.807) is 54.3 Å². The summed E-state index contributed by atoms with van der Waals surface area (Å²) in [4.78, 5) is 41.2. The summed E-state index contributed by atoms with van der Waals surface area (Å²) in [5.74, 6) is -3.02. The highest BCUT2D eigenvalue weighted by Gasteiger charge is 2.33. The number of nitrogens with one attached hydrogen (secondary N) is 2. The van der Waals surface area contributed by atoms with Crippen LogP contribution in [0.2, 0.25) is 0 Å². The first-order chi connectivity index (χ1) is 20.9. The van der Waals surface area contributed by atoms with Gasteiger partial charge in [-0.15, -0.1) is 0 Å². The van der Waals surface area contributed by atoms with Gasteiger partial charge in [0, 0.05) is 35.8 Å². The van der Waals surface area contributed by atoms with E-state index in [1.165, 1.54) is 13.0 Å². The summed E-state index contributed by atoms with van der Waals surface area (Å²) < 4.78 is 28.0. The highest BCUT2D eigenvalue weighted by Crippen LogP contribution is 2.18. The van der Waals surface area contributed by atoms with E-state index in [1.807, 2.05) is 13.8 Å². The van der Waals surface area contributed by atoms with E-state index >= 15 is 0 Å². The number of benzene rings is 3. The molecular formula is C34H41F2N3O5. The molecule has 0 fully saturated rings. The van der Waals surface area contributed by atoms with Gasteiger partial charge >= 0.3 is 0 Å². The van der Waals surface area contributed by atoms with E-state index in [9.17, 15) is 33.4 Å². The van der Waals surface area contributed by atoms with E-state index < -0.39 is 47.7 Å². The molecule has 3 amide bonds. The third-order valence-electron chi connectivity index (χ3n) is 7.22. The highest BCUT2D eigenvalue weighted by molar-refractivity contribution is 6.00. The Labute approximate surface area is 257 Å². The lowest BCUT2D eigenvalue weighted by atomic mass is 9.93. The van der Waals surface area contributed by atoms with E-state index in [0.717, 1.165) is 25.0 Å². The first-order valence-electron chi connectivity index (χ1n) is 14.8. The number of aliphatic hydroxyl groups excluding tert-OH is 2. The quantitative estimate of drug-likeness (QED) is 0.216. The lowest BCUT2D eigenvalue weighted by Crippen LogP contribution is -2.55. The molecule has 3 aromatic rings. The summed E-state index contributed by atoms with van der Waals surface area (Å²) in [5.41, 5.74) is 1.62. The topological polar surface area (TPSA) is 119 Å². The molecule has 236 valence electrons. The maximum Gasteiger partial charge on any atom is 0.253 e. The standard InChI is InChI=1S/C34H41F2N3O5/c1-5-12-39(13-6-2)34(44)26-15-21(3)14-25(19-26)33(43)38-29(18-23-16-27(35)20-28(36)17-23)31(41)30(40)22(4)37-32(42)24-10-8-7-9-11-24/h7-11,14-17,19-20,22,29-31,40-41H,5-6,12-13,18H2,1-4H3,(H,37,42)(H,38,43). The van der Waals surface area contributed by atoms with Gasteiger partial charge < -0.3 is 25.7 Å². The molecule has 0 bridgehead atoms. The van der Waals surface area contributed by atoms with Gasteiger partial charge in [-0.25, -0.2) is 8.78 Å². The van der Waals surface area contributed by atoms with Gasteiger partial charge in [-0.05, 0) is 86.7 Å². The fourth-order valence-corrected chi connectivity index (χ4v) is 5.07. The predicted molar refractivity (Wildman–Crippen MR) is 164 cm³/mol. The minimum Gasteiger partial charge on any atom is -0.388 e. The van der Waals surface area contributed by atoms with Crippen LogP contribution in [0.4, 0.5) is 8.78 Å². The van der Waals surface area contributed by atoms with Gasteiger partial charge in [-0.3, -0.25) is 14.4 Å². The van der Waals surface area contributed by atoms with Crippen LogP contribution in [-0.4, -0.2) is 70.2 Å². The molecule has 3 aromatic carbocycles. The second kappa shape index (κ2) is 16.1. The number of hydrogen-bond acceptors (Lipinski definition) is 5. The lowest BCUT2D eigenvalue weighted by Gasteiger charge is -2.31. The number of amides is 3. The molecule has 10 heteroatoms. The third kappa shape index (κ3) is 9.42. The second-order valence-electron chi connectivity index (χ2n) is 11.1. The zero-order chi connectivity index (χ0) is 32.4. The summed E-state index contributed by atoms with van der Waals surface area (Å²) >= 11 is 0. The molecular weight excluding hydrogens is 568 g/mol. The maximum absolute atomic E-state index is 14.0. The summed E-state index contributed by atoms with van der Waals surface area (Å²) in [7, 11) is 0. The summed E-state index contributed by atoms with van der Waals surface area (Å²) in [6, 6.07) is 13.7. The van der Waals surface area contributed by atoms with Gasteiger partial charge in [0.15, 0.2) is 0 Å². The first kappa shape index (κ1) is 34.3. The zero-order valence-electron chi connectivity index (χ0n) is 25.5. The molecule has 8 nitrogen and oxygen atoms in total. The normalized spacial score (nSPS) is 13.8. The largest absolute Gasteiger partial charge is 0.388 e. The number of carbonyl (C=O) groups is 3. The van der Waals surface area contributed by atoms with Crippen molar-refractivity contribution in [3.8, 4) is 0 Å². The average molecular weight is 610 g/mol. The van der Waals surface area contributed by atoms with E-state index in [-0.39, 0.29) is 23.5 Å². The molecule has 0 aliphatic rings. The van der Waals surface area contributed by atoms with Crippen LogP contribution in [-0.2, 0) is 6.42 Å². The van der Waals surface area contributed by atoms with Crippen molar-refractivity contribution in [1.29, 1.82) is 0 Å². The number of aliphatic hydroxyl groups is 2. The molecule has 0 radical (unpaired) electrons. The van der Waals surface area contributed by atoms with Gasteiger partial charge in [0.05, 0.1) is 12.1 Å². The molecule has 0 aliphatic heterocycles. The summed E-state index contributed by atoms with van der Waals surface area (Å²) in [5, 5.41) is 27.6. The predicted octanol–water partition coefficient (Wildman–Crippen LogP) is 4.42. The van der Waals surface area contributed by atoms with Crippen molar-refractivity contribution in [3.63, 3.8) is 0 Å². The van der Waals surface area contributed by atoms with Crippen molar-refractivity contribution >= 4 is 17.7 Å². The monoisotopic (exact) mass is 609 g/mol. The lowest BCUT2D eigenvalue weighted by molar-refractivity contribution is -0.0187. The Morgan fingerprint density at radius 1 is 0.773 bits per heavy atom. The Kier molecular flexibility index (Phi) is 12.5. The first-order valence-corrected chi connectivity index (χ1v) is 14.8. The van der Waals surface area contributed by atoms with Crippen LogP contribution in [0, 0.1) is 18.6 Å². The Morgan fingerprint density at radius 3 is 1.93 bits per heavy atom. The molecule has 0 heterocycles. The van der Waals surface area contributed by atoms with Crippen molar-refractivity contribution in [2.75, 3.05) is 13.1 Å². The Bertz CT molecular complexity index is 1410. The SMILES string of the molecule is CCCN(CCC)C(=O)c1cc(C)cc(C(=O)NC(Cc2cc(F)cc(F)c2)C(O)C(O)C(C)NC(=O)c2ccccc2)c1. The summed E-state index contributed by atoms with van der Waals surface area (Å²) in [6.07, 6.45) is -1.92. The van der Waals surface area contributed by atoms with Crippen molar-refractivity contribution in [2.24, 2.45) is 0 Å². The van der Waals surface area contributed by atoms with E-state index in [4.69, 9.17) is 0 Å². The Morgan fingerprint density at radius 2 is 1.34 bits per heavy atom. The minimum atomic E-state index is -1.66. The smallest absolute Gasteiger partial charge is 0.253 e. The van der Waals surface area contributed by atoms with Gasteiger partial charge in [0.25, 0.3) is 17.7 Å². The second-order valence-corrected chi connectivity index (χ2v) is 11.1. The van der Waals surface area contributed by atoms with Gasteiger partial charge in [0.2, 0.25) is 0 Å². The number of aryl methyl sites for hydroxylation is 1. The fourth-order valence-electron chi connectivity index (χ4n) is 5.07. The van der Waals surface area contributed by atoms with Gasteiger partial charge in [-0.2, -0.15) is 0 Å².